The minimum absolute atomic E-state index is 0.631. The SMILES string of the molecule is C/C=C/CCNc1ccc(N)c(OCC)c1. The van der Waals surface area contributed by atoms with Crippen LogP contribution in [0.2, 0.25) is 0 Å². The van der Waals surface area contributed by atoms with E-state index in [1.807, 2.05) is 32.0 Å². The number of ether oxygens (including phenoxy) is 1. The third kappa shape index (κ3) is 3.85. The molecule has 0 aliphatic rings. The number of hydrogen-bond acceptors (Lipinski definition) is 3. The van der Waals surface area contributed by atoms with Gasteiger partial charge < -0.3 is 15.8 Å². The van der Waals surface area contributed by atoms with Gasteiger partial charge in [-0.1, -0.05) is 12.2 Å². The second-order valence-corrected chi connectivity index (χ2v) is 3.47. The summed E-state index contributed by atoms with van der Waals surface area (Å²) in [6.07, 6.45) is 5.20. The summed E-state index contributed by atoms with van der Waals surface area (Å²) in [6, 6.07) is 5.77. The fourth-order valence-electron chi connectivity index (χ4n) is 1.39. The van der Waals surface area contributed by atoms with Gasteiger partial charge in [-0.3, -0.25) is 0 Å². The minimum atomic E-state index is 0.631. The molecule has 1 aromatic rings. The quantitative estimate of drug-likeness (QED) is 0.440. The Morgan fingerprint density at radius 2 is 2.25 bits per heavy atom. The maximum Gasteiger partial charge on any atom is 0.144 e. The first kappa shape index (κ1) is 12.4. The van der Waals surface area contributed by atoms with E-state index in [2.05, 4.69) is 17.5 Å². The van der Waals surface area contributed by atoms with Gasteiger partial charge in [-0.25, -0.2) is 0 Å². The zero-order valence-electron chi connectivity index (χ0n) is 9.99. The lowest BCUT2D eigenvalue weighted by atomic mass is 10.2. The Morgan fingerprint density at radius 1 is 1.44 bits per heavy atom. The maximum atomic E-state index is 5.79. The predicted octanol–water partition coefficient (Wildman–Crippen LogP) is 3.05. The molecule has 0 atom stereocenters. The monoisotopic (exact) mass is 220 g/mol. The molecule has 0 saturated carbocycles. The van der Waals surface area contributed by atoms with Crippen molar-refractivity contribution in [3.8, 4) is 5.75 Å². The highest BCUT2D eigenvalue weighted by Gasteiger charge is 2.00. The molecule has 0 aliphatic carbocycles. The van der Waals surface area contributed by atoms with Crippen molar-refractivity contribution >= 4 is 11.4 Å². The van der Waals surface area contributed by atoms with Crippen LogP contribution in [-0.4, -0.2) is 13.2 Å². The van der Waals surface area contributed by atoms with Crippen molar-refractivity contribution in [3.63, 3.8) is 0 Å². The van der Waals surface area contributed by atoms with Crippen LogP contribution in [0, 0.1) is 0 Å². The first-order valence-electron chi connectivity index (χ1n) is 5.65. The molecule has 3 nitrogen and oxygen atoms in total. The fourth-order valence-corrected chi connectivity index (χ4v) is 1.39. The molecule has 0 radical (unpaired) electrons. The van der Waals surface area contributed by atoms with E-state index in [9.17, 15) is 0 Å². The topological polar surface area (TPSA) is 47.3 Å². The predicted molar refractivity (Wildman–Crippen MR) is 69.9 cm³/mol. The number of nitrogens with two attached hydrogens (primary N) is 1. The van der Waals surface area contributed by atoms with Crippen molar-refractivity contribution in [2.75, 3.05) is 24.2 Å². The first-order valence-corrected chi connectivity index (χ1v) is 5.65. The number of nitrogen functional groups attached to an aromatic ring is 1. The second-order valence-electron chi connectivity index (χ2n) is 3.47. The van der Waals surface area contributed by atoms with Gasteiger partial charge in [0.05, 0.1) is 12.3 Å². The van der Waals surface area contributed by atoms with E-state index >= 15 is 0 Å². The Hall–Kier alpha value is -1.64. The molecule has 3 N–H and O–H groups in total. The fraction of sp³-hybridized carbons (Fsp3) is 0.385. The molecule has 3 heteroatoms. The summed E-state index contributed by atoms with van der Waals surface area (Å²) >= 11 is 0. The molecular formula is C13H20N2O. The Labute approximate surface area is 97.3 Å². The largest absolute Gasteiger partial charge is 0.492 e. The normalized spacial score (nSPS) is 10.6. The first-order chi connectivity index (χ1) is 7.77. The van der Waals surface area contributed by atoms with Gasteiger partial charge in [-0.05, 0) is 32.4 Å². The van der Waals surface area contributed by atoms with E-state index in [1.165, 1.54) is 0 Å². The van der Waals surface area contributed by atoms with E-state index in [4.69, 9.17) is 10.5 Å². The lowest BCUT2D eigenvalue weighted by molar-refractivity contribution is 0.342. The highest BCUT2D eigenvalue weighted by molar-refractivity contribution is 5.61. The zero-order valence-corrected chi connectivity index (χ0v) is 9.99. The van der Waals surface area contributed by atoms with Gasteiger partial charge in [0.15, 0.2) is 0 Å². The summed E-state index contributed by atoms with van der Waals surface area (Å²) in [5.74, 6) is 0.749. The molecule has 0 spiro atoms. The Kier molecular flexibility index (Phi) is 5.26. The van der Waals surface area contributed by atoms with Crippen molar-refractivity contribution in [1.29, 1.82) is 0 Å². The second kappa shape index (κ2) is 6.77. The smallest absolute Gasteiger partial charge is 0.144 e. The molecule has 88 valence electrons. The third-order valence-corrected chi connectivity index (χ3v) is 2.19. The average molecular weight is 220 g/mol. The van der Waals surface area contributed by atoms with E-state index in [1.54, 1.807) is 0 Å². The molecule has 0 aromatic heterocycles. The molecule has 0 saturated heterocycles. The molecule has 1 aromatic carbocycles. The summed E-state index contributed by atoms with van der Waals surface area (Å²) in [4.78, 5) is 0. The standard InChI is InChI=1S/C13H20N2O/c1-3-5-6-9-15-11-7-8-12(14)13(10-11)16-4-2/h3,5,7-8,10,15H,4,6,9,14H2,1-2H3/b5-3+. The molecule has 0 unspecified atom stereocenters. The number of benzene rings is 1. The summed E-state index contributed by atoms with van der Waals surface area (Å²) in [5.41, 5.74) is 7.51. The van der Waals surface area contributed by atoms with Crippen molar-refractivity contribution in [2.45, 2.75) is 20.3 Å². The number of rotatable bonds is 6. The highest BCUT2D eigenvalue weighted by atomic mass is 16.5. The summed E-state index contributed by atoms with van der Waals surface area (Å²) in [6.45, 7) is 5.52. The third-order valence-electron chi connectivity index (χ3n) is 2.19. The molecule has 0 fully saturated rings. The van der Waals surface area contributed by atoms with Gasteiger partial charge in [0.25, 0.3) is 0 Å². The van der Waals surface area contributed by atoms with E-state index in [-0.39, 0.29) is 0 Å². The van der Waals surface area contributed by atoms with Gasteiger partial charge >= 0.3 is 0 Å². The molecule has 0 aliphatic heterocycles. The van der Waals surface area contributed by atoms with Crippen LogP contribution in [0.1, 0.15) is 20.3 Å². The van der Waals surface area contributed by atoms with E-state index in [0.29, 0.717) is 12.3 Å². The van der Waals surface area contributed by atoms with Crippen LogP contribution in [0.5, 0.6) is 5.75 Å². The Bertz CT molecular complexity index is 348. The molecule has 1 rings (SSSR count). The van der Waals surface area contributed by atoms with Crippen molar-refractivity contribution < 1.29 is 4.74 Å². The van der Waals surface area contributed by atoms with E-state index in [0.717, 1.165) is 24.4 Å². The van der Waals surface area contributed by atoms with Gasteiger partial charge in [0.1, 0.15) is 5.75 Å². The van der Waals surface area contributed by atoms with Crippen LogP contribution >= 0.6 is 0 Å². The minimum Gasteiger partial charge on any atom is -0.492 e. The number of anilines is 2. The molecule has 0 heterocycles. The number of hydrogen-bond donors (Lipinski definition) is 2. The van der Waals surface area contributed by atoms with Gasteiger partial charge in [0.2, 0.25) is 0 Å². The molecular weight excluding hydrogens is 200 g/mol. The average Bonchev–Trinajstić information content (AvgIpc) is 2.29. The van der Waals surface area contributed by atoms with Crippen molar-refractivity contribution in [1.82, 2.24) is 0 Å². The Morgan fingerprint density at radius 3 is 2.94 bits per heavy atom. The lowest BCUT2D eigenvalue weighted by Gasteiger charge is -2.10. The number of nitrogens with one attached hydrogen (secondary N) is 1. The van der Waals surface area contributed by atoms with Gasteiger partial charge in [-0.2, -0.15) is 0 Å². The van der Waals surface area contributed by atoms with Crippen molar-refractivity contribution in [3.05, 3.63) is 30.4 Å². The lowest BCUT2D eigenvalue weighted by Crippen LogP contribution is -2.02. The maximum absolute atomic E-state index is 5.79. The van der Waals surface area contributed by atoms with Gasteiger partial charge in [0, 0.05) is 18.3 Å². The molecule has 0 amide bonds. The van der Waals surface area contributed by atoms with E-state index < -0.39 is 0 Å². The zero-order chi connectivity index (χ0) is 11.8. The van der Waals surface area contributed by atoms with Crippen LogP contribution in [0.25, 0.3) is 0 Å². The van der Waals surface area contributed by atoms with Crippen LogP contribution in [0.3, 0.4) is 0 Å². The summed E-state index contributed by atoms with van der Waals surface area (Å²) < 4.78 is 5.43. The summed E-state index contributed by atoms with van der Waals surface area (Å²) in [7, 11) is 0. The van der Waals surface area contributed by atoms with Crippen LogP contribution < -0.4 is 15.8 Å². The molecule has 16 heavy (non-hydrogen) atoms. The number of allylic oxidation sites excluding steroid dienone is 1. The van der Waals surface area contributed by atoms with Gasteiger partial charge in [-0.15, -0.1) is 0 Å². The van der Waals surface area contributed by atoms with Crippen LogP contribution in [-0.2, 0) is 0 Å². The van der Waals surface area contributed by atoms with Crippen LogP contribution in [0.15, 0.2) is 30.4 Å². The highest BCUT2D eigenvalue weighted by Crippen LogP contribution is 2.25. The summed E-state index contributed by atoms with van der Waals surface area (Å²) in [5, 5.41) is 3.32. The Balaban J connectivity index is 2.56. The van der Waals surface area contributed by atoms with Crippen LogP contribution in [0.4, 0.5) is 11.4 Å². The van der Waals surface area contributed by atoms with Crippen molar-refractivity contribution in [2.24, 2.45) is 0 Å². The molecule has 0 bridgehead atoms.